The van der Waals surface area contributed by atoms with E-state index in [0.29, 0.717) is 17.2 Å². The summed E-state index contributed by atoms with van der Waals surface area (Å²) >= 11 is 0. The molecule has 0 aliphatic heterocycles. The number of nitrogens with zero attached hydrogens (tertiary/aromatic N) is 3. The van der Waals surface area contributed by atoms with Crippen LogP contribution in [-0.4, -0.2) is 15.0 Å². The van der Waals surface area contributed by atoms with Crippen LogP contribution in [0.15, 0.2) is 55.1 Å². The van der Waals surface area contributed by atoms with Gasteiger partial charge < -0.3 is 11.5 Å². The summed E-state index contributed by atoms with van der Waals surface area (Å²) < 4.78 is 0. The van der Waals surface area contributed by atoms with Gasteiger partial charge in [0.2, 0.25) is 0 Å². The number of nitrogen functional groups attached to an aromatic ring is 2. The predicted octanol–water partition coefficient (Wildman–Crippen LogP) is 2.87. The van der Waals surface area contributed by atoms with Crippen LogP contribution >= 0.6 is 0 Å². The van der Waals surface area contributed by atoms with E-state index >= 15 is 0 Å². The van der Waals surface area contributed by atoms with Gasteiger partial charge in [0.25, 0.3) is 0 Å². The fourth-order valence-corrected chi connectivity index (χ4v) is 2.16. The van der Waals surface area contributed by atoms with Gasteiger partial charge in [0.1, 0.15) is 12.7 Å². The molecular weight excluding hydrogens is 274 g/mol. The van der Waals surface area contributed by atoms with Gasteiger partial charge in [-0.3, -0.25) is 0 Å². The third-order valence-electron chi connectivity index (χ3n) is 3.28. The molecule has 5 nitrogen and oxygen atoms in total. The molecule has 0 aliphatic rings. The molecule has 22 heavy (non-hydrogen) atoms. The first kappa shape index (κ1) is 13.8. The highest BCUT2D eigenvalue weighted by Crippen LogP contribution is 2.32. The number of rotatable bonds is 3. The maximum atomic E-state index is 6.13. The van der Waals surface area contributed by atoms with E-state index < -0.39 is 0 Å². The summed E-state index contributed by atoms with van der Waals surface area (Å²) in [4.78, 5) is 12.2. The normalized spacial score (nSPS) is 10.9. The van der Waals surface area contributed by atoms with Gasteiger partial charge in [0, 0.05) is 0 Å². The van der Waals surface area contributed by atoms with Crippen LogP contribution in [0.25, 0.3) is 23.5 Å². The van der Waals surface area contributed by atoms with Gasteiger partial charge in [-0.1, -0.05) is 48.6 Å². The maximum absolute atomic E-state index is 6.13. The van der Waals surface area contributed by atoms with Crippen LogP contribution in [0.1, 0.15) is 11.1 Å². The van der Waals surface area contributed by atoms with Gasteiger partial charge in [-0.25, -0.2) is 15.0 Å². The molecule has 1 aromatic heterocycles. The minimum Gasteiger partial charge on any atom is -0.397 e. The molecule has 0 radical (unpaired) electrons. The summed E-state index contributed by atoms with van der Waals surface area (Å²) in [5, 5.41) is 0. The molecule has 0 spiro atoms. The molecule has 0 bridgehead atoms. The Morgan fingerprint density at radius 2 is 1.55 bits per heavy atom. The van der Waals surface area contributed by atoms with E-state index in [1.807, 2.05) is 48.6 Å². The molecule has 0 atom stereocenters. The molecule has 0 aliphatic carbocycles. The zero-order valence-electron chi connectivity index (χ0n) is 11.8. The van der Waals surface area contributed by atoms with Crippen molar-refractivity contribution in [3.8, 4) is 11.4 Å². The molecule has 4 N–H and O–H groups in total. The number of hydrogen-bond acceptors (Lipinski definition) is 5. The van der Waals surface area contributed by atoms with Crippen LogP contribution in [0.5, 0.6) is 0 Å². The highest BCUT2D eigenvalue weighted by molar-refractivity contribution is 5.90. The standard InChI is InChI=1S/C17H15N5/c18-14-9-8-13(7-6-12-4-2-1-3-5-12)15(16(14)19)17-21-10-20-11-22-17/h1-11H,18-19H2. The van der Waals surface area contributed by atoms with Crippen molar-refractivity contribution < 1.29 is 0 Å². The topological polar surface area (TPSA) is 90.7 Å². The zero-order chi connectivity index (χ0) is 15.4. The summed E-state index contributed by atoms with van der Waals surface area (Å²) in [5.74, 6) is 0.507. The molecule has 0 fully saturated rings. The second-order valence-corrected chi connectivity index (χ2v) is 4.74. The number of aromatic nitrogens is 3. The lowest BCUT2D eigenvalue weighted by atomic mass is 10.0. The molecule has 3 rings (SSSR count). The summed E-state index contributed by atoms with van der Waals surface area (Å²) in [6.45, 7) is 0. The van der Waals surface area contributed by atoms with E-state index in [-0.39, 0.29) is 0 Å². The summed E-state index contributed by atoms with van der Waals surface area (Å²) in [6.07, 6.45) is 6.87. The quantitative estimate of drug-likeness (QED) is 0.571. The number of nitrogens with two attached hydrogens (primary N) is 2. The van der Waals surface area contributed by atoms with Crippen LogP contribution in [-0.2, 0) is 0 Å². The van der Waals surface area contributed by atoms with Crippen molar-refractivity contribution in [2.75, 3.05) is 11.5 Å². The lowest BCUT2D eigenvalue weighted by Gasteiger charge is -2.10. The van der Waals surface area contributed by atoms with Gasteiger partial charge in [0.05, 0.1) is 16.9 Å². The lowest BCUT2D eigenvalue weighted by Crippen LogP contribution is -2.01. The van der Waals surface area contributed by atoms with Crippen LogP contribution in [0.3, 0.4) is 0 Å². The smallest absolute Gasteiger partial charge is 0.165 e. The van der Waals surface area contributed by atoms with Crippen molar-refractivity contribution in [2.45, 2.75) is 0 Å². The van der Waals surface area contributed by atoms with E-state index in [0.717, 1.165) is 16.7 Å². The highest BCUT2D eigenvalue weighted by Gasteiger charge is 2.12. The van der Waals surface area contributed by atoms with Crippen LogP contribution in [0.2, 0.25) is 0 Å². The minimum absolute atomic E-state index is 0.474. The van der Waals surface area contributed by atoms with Crippen molar-refractivity contribution in [2.24, 2.45) is 0 Å². The van der Waals surface area contributed by atoms with Crippen LogP contribution < -0.4 is 11.5 Å². The van der Waals surface area contributed by atoms with Crippen LogP contribution in [0, 0.1) is 0 Å². The van der Waals surface area contributed by atoms with Gasteiger partial charge in [-0.15, -0.1) is 0 Å². The second kappa shape index (κ2) is 6.05. The number of anilines is 2. The average molecular weight is 289 g/mol. The van der Waals surface area contributed by atoms with E-state index in [4.69, 9.17) is 11.5 Å². The molecule has 108 valence electrons. The summed E-state index contributed by atoms with van der Waals surface area (Å²) in [7, 11) is 0. The Bertz CT molecular complexity index is 798. The Morgan fingerprint density at radius 3 is 2.27 bits per heavy atom. The molecule has 0 saturated carbocycles. The summed E-state index contributed by atoms with van der Waals surface area (Å²) in [6, 6.07) is 13.7. The van der Waals surface area contributed by atoms with Crippen molar-refractivity contribution in [3.63, 3.8) is 0 Å². The molecule has 0 amide bonds. The fraction of sp³-hybridized carbons (Fsp3) is 0. The van der Waals surface area contributed by atoms with Crippen molar-refractivity contribution in [1.82, 2.24) is 15.0 Å². The Hall–Kier alpha value is -3.21. The molecule has 1 heterocycles. The van der Waals surface area contributed by atoms with Gasteiger partial charge in [-0.05, 0) is 17.2 Å². The molecule has 0 saturated heterocycles. The minimum atomic E-state index is 0.474. The maximum Gasteiger partial charge on any atom is 0.165 e. The van der Waals surface area contributed by atoms with Crippen molar-refractivity contribution in [3.05, 3.63) is 66.2 Å². The van der Waals surface area contributed by atoms with Gasteiger partial charge >= 0.3 is 0 Å². The van der Waals surface area contributed by atoms with Crippen molar-refractivity contribution in [1.29, 1.82) is 0 Å². The Balaban J connectivity index is 2.09. The molecular formula is C17H15N5. The molecule has 5 heteroatoms. The van der Waals surface area contributed by atoms with Gasteiger partial charge in [0.15, 0.2) is 5.82 Å². The largest absolute Gasteiger partial charge is 0.397 e. The Labute approximate surface area is 128 Å². The first-order chi connectivity index (χ1) is 10.8. The molecule has 2 aromatic carbocycles. The number of benzene rings is 2. The monoisotopic (exact) mass is 289 g/mol. The average Bonchev–Trinajstić information content (AvgIpc) is 2.57. The SMILES string of the molecule is Nc1ccc(C=Cc2ccccc2)c(-c2ncncn2)c1N. The van der Waals surface area contributed by atoms with Gasteiger partial charge in [-0.2, -0.15) is 0 Å². The third kappa shape index (κ3) is 2.78. The van der Waals surface area contributed by atoms with E-state index in [2.05, 4.69) is 15.0 Å². The van der Waals surface area contributed by atoms with Crippen molar-refractivity contribution >= 4 is 23.5 Å². The first-order valence-electron chi connectivity index (χ1n) is 6.79. The molecule has 0 unspecified atom stereocenters. The second-order valence-electron chi connectivity index (χ2n) is 4.74. The first-order valence-corrected chi connectivity index (χ1v) is 6.79. The molecule has 3 aromatic rings. The summed E-state index contributed by atoms with van der Waals surface area (Å²) in [5.41, 5.74) is 15.7. The third-order valence-corrected chi connectivity index (χ3v) is 3.28. The fourth-order valence-electron chi connectivity index (χ4n) is 2.16. The number of hydrogen-bond donors (Lipinski definition) is 2. The van der Waals surface area contributed by atoms with Crippen LogP contribution in [0.4, 0.5) is 11.4 Å². The zero-order valence-corrected chi connectivity index (χ0v) is 11.8. The van der Waals surface area contributed by atoms with E-state index in [1.165, 1.54) is 12.7 Å². The highest BCUT2D eigenvalue weighted by atomic mass is 15.0. The predicted molar refractivity (Wildman–Crippen MR) is 89.5 cm³/mol. The Kier molecular flexibility index (Phi) is 3.78. The van der Waals surface area contributed by atoms with E-state index in [1.54, 1.807) is 6.07 Å². The lowest BCUT2D eigenvalue weighted by molar-refractivity contribution is 1.06. The van der Waals surface area contributed by atoms with E-state index in [9.17, 15) is 0 Å². The Morgan fingerprint density at radius 1 is 0.818 bits per heavy atom.